The molecule has 0 radical (unpaired) electrons. The van der Waals surface area contributed by atoms with Crippen molar-refractivity contribution in [3.05, 3.63) is 17.8 Å². The summed E-state index contributed by atoms with van der Waals surface area (Å²) in [5, 5.41) is 19.0. The van der Waals surface area contributed by atoms with Crippen LogP contribution < -0.4 is 10.2 Å². The number of carbonyl (C=O) groups excluding carboxylic acids is 1. The molecule has 1 atom stereocenters. The van der Waals surface area contributed by atoms with E-state index in [0.717, 1.165) is 6.07 Å². The lowest BCUT2D eigenvalue weighted by Crippen LogP contribution is -2.68. The average molecular weight is 302 g/mol. The Hall–Kier alpha value is -1.90. The quantitative estimate of drug-likeness (QED) is 0.774. The van der Waals surface area contributed by atoms with Crippen molar-refractivity contribution in [2.45, 2.75) is 18.7 Å². The van der Waals surface area contributed by atoms with Gasteiger partial charge in [0, 0.05) is 19.6 Å². The number of hydrogen-bond donors (Lipinski definition) is 2. The maximum absolute atomic E-state index is 12.4. The van der Waals surface area contributed by atoms with Crippen LogP contribution in [0.5, 0.6) is 0 Å². The lowest BCUT2D eigenvalue weighted by atomic mass is 9.72. The van der Waals surface area contributed by atoms with E-state index in [4.69, 9.17) is 0 Å². The van der Waals surface area contributed by atoms with Crippen molar-refractivity contribution >= 4 is 11.7 Å². The van der Waals surface area contributed by atoms with Gasteiger partial charge < -0.3 is 15.3 Å². The molecule has 0 saturated carbocycles. The largest absolute Gasteiger partial charge is 0.435 e. The predicted molar refractivity (Wildman–Crippen MR) is 65.3 cm³/mol. The number of nitrogens with zero attached hydrogens (tertiary/aromatic N) is 3. The second kappa shape index (κ2) is 4.55. The Kier molecular flexibility index (Phi) is 3.05. The van der Waals surface area contributed by atoms with Crippen molar-refractivity contribution in [3.63, 3.8) is 0 Å². The van der Waals surface area contributed by atoms with E-state index in [1.54, 1.807) is 4.90 Å². The first-order valence-electron chi connectivity index (χ1n) is 6.42. The standard InChI is InChI=1S/C12H13F3N4O2/c13-12(14,15)8-1-2-9(18-17-8)19-5-11(6-19)3-7(20)4-16-10(11)21/h1-2,7,20H,3-6H2,(H,16,21). The fourth-order valence-electron chi connectivity index (χ4n) is 2.78. The Morgan fingerprint density at radius 3 is 2.62 bits per heavy atom. The highest BCUT2D eigenvalue weighted by atomic mass is 19.4. The van der Waals surface area contributed by atoms with Crippen LogP contribution in [0.2, 0.25) is 0 Å². The van der Waals surface area contributed by atoms with Crippen LogP contribution in [0, 0.1) is 5.41 Å². The number of amides is 1. The zero-order valence-corrected chi connectivity index (χ0v) is 10.9. The van der Waals surface area contributed by atoms with Crippen LogP contribution in [-0.4, -0.2) is 46.9 Å². The number of piperidine rings is 1. The number of nitrogens with one attached hydrogen (secondary N) is 1. The Balaban J connectivity index is 1.70. The molecular weight excluding hydrogens is 289 g/mol. The summed E-state index contributed by atoms with van der Waals surface area (Å²) in [7, 11) is 0. The molecule has 2 N–H and O–H groups in total. The van der Waals surface area contributed by atoms with Gasteiger partial charge in [0.1, 0.15) is 0 Å². The van der Waals surface area contributed by atoms with Gasteiger partial charge in [0.25, 0.3) is 0 Å². The Morgan fingerprint density at radius 1 is 1.33 bits per heavy atom. The summed E-state index contributed by atoms with van der Waals surface area (Å²) >= 11 is 0. The Morgan fingerprint density at radius 2 is 2.05 bits per heavy atom. The van der Waals surface area contributed by atoms with E-state index in [1.807, 2.05) is 0 Å². The number of aliphatic hydroxyl groups is 1. The van der Waals surface area contributed by atoms with Gasteiger partial charge >= 0.3 is 6.18 Å². The van der Waals surface area contributed by atoms with E-state index < -0.39 is 23.4 Å². The predicted octanol–water partition coefficient (Wildman–Crippen LogP) is 0.183. The summed E-state index contributed by atoms with van der Waals surface area (Å²) in [6.45, 7) is 0.868. The third kappa shape index (κ3) is 2.41. The SMILES string of the molecule is O=C1NCC(O)CC12CN(c1ccc(C(F)(F)F)nn1)C2. The molecule has 1 aromatic rings. The molecule has 114 valence electrons. The lowest BCUT2D eigenvalue weighted by Gasteiger charge is -2.51. The summed E-state index contributed by atoms with van der Waals surface area (Å²) in [6.07, 6.45) is -4.76. The smallest absolute Gasteiger partial charge is 0.391 e. The molecule has 0 aromatic carbocycles. The van der Waals surface area contributed by atoms with Gasteiger partial charge in [-0.15, -0.1) is 10.2 Å². The summed E-state index contributed by atoms with van der Waals surface area (Å²) in [5.41, 5.74) is -1.73. The summed E-state index contributed by atoms with van der Waals surface area (Å²) in [6, 6.07) is 2.10. The molecule has 6 nitrogen and oxygen atoms in total. The molecule has 1 aromatic heterocycles. The number of β-amino-alcohol motifs (C(OH)–C–C–N with tert-alkyl or cyclic N) is 1. The number of anilines is 1. The molecule has 9 heteroatoms. The number of aliphatic hydroxyl groups excluding tert-OH is 1. The van der Waals surface area contributed by atoms with E-state index in [2.05, 4.69) is 15.5 Å². The van der Waals surface area contributed by atoms with Crippen LogP contribution in [0.15, 0.2) is 12.1 Å². The fraction of sp³-hybridized carbons (Fsp3) is 0.583. The highest BCUT2D eigenvalue weighted by Gasteiger charge is 2.52. The zero-order valence-electron chi connectivity index (χ0n) is 10.9. The van der Waals surface area contributed by atoms with Crippen LogP contribution in [-0.2, 0) is 11.0 Å². The minimum atomic E-state index is -4.52. The fourth-order valence-corrected chi connectivity index (χ4v) is 2.78. The molecular formula is C12H13F3N4O2. The number of hydrogen-bond acceptors (Lipinski definition) is 5. The van der Waals surface area contributed by atoms with Crippen LogP contribution in [0.25, 0.3) is 0 Å². The molecule has 2 fully saturated rings. The van der Waals surface area contributed by atoms with Gasteiger partial charge in [0.2, 0.25) is 5.91 Å². The zero-order chi connectivity index (χ0) is 15.3. The minimum Gasteiger partial charge on any atom is -0.391 e. The number of halogens is 3. The third-order valence-electron chi connectivity index (χ3n) is 3.86. The Bertz CT molecular complexity index is 555. The second-order valence-electron chi connectivity index (χ2n) is 5.48. The Labute approximate surface area is 118 Å². The number of rotatable bonds is 1. The first kappa shape index (κ1) is 14.1. The monoisotopic (exact) mass is 302 g/mol. The molecule has 1 spiro atoms. The molecule has 0 aliphatic carbocycles. The summed E-state index contributed by atoms with van der Waals surface area (Å²) < 4.78 is 37.2. The molecule has 2 saturated heterocycles. The maximum atomic E-state index is 12.4. The molecule has 3 heterocycles. The summed E-state index contributed by atoms with van der Waals surface area (Å²) in [4.78, 5) is 13.5. The van der Waals surface area contributed by atoms with Gasteiger partial charge in [0.05, 0.1) is 11.5 Å². The third-order valence-corrected chi connectivity index (χ3v) is 3.86. The average Bonchev–Trinajstić information content (AvgIpc) is 2.38. The molecule has 3 rings (SSSR count). The van der Waals surface area contributed by atoms with E-state index in [-0.39, 0.29) is 12.5 Å². The number of aromatic nitrogens is 2. The first-order chi connectivity index (χ1) is 9.80. The highest BCUT2D eigenvalue weighted by Crippen LogP contribution is 2.39. The van der Waals surface area contributed by atoms with Gasteiger partial charge in [-0.25, -0.2) is 0 Å². The van der Waals surface area contributed by atoms with Gasteiger partial charge in [-0.05, 0) is 18.6 Å². The van der Waals surface area contributed by atoms with Crippen LogP contribution >= 0.6 is 0 Å². The van der Waals surface area contributed by atoms with Gasteiger partial charge in [-0.2, -0.15) is 13.2 Å². The molecule has 1 unspecified atom stereocenters. The number of alkyl halides is 3. The van der Waals surface area contributed by atoms with E-state index in [9.17, 15) is 23.1 Å². The minimum absolute atomic E-state index is 0.135. The molecule has 2 aliphatic rings. The first-order valence-corrected chi connectivity index (χ1v) is 6.42. The summed E-state index contributed by atoms with van der Waals surface area (Å²) in [5.74, 6) is 0.158. The van der Waals surface area contributed by atoms with Crippen molar-refractivity contribution in [1.82, 2.24) is 15.5 Å². The van der Waals surface area contributed by atoms with Gasteiger partial charge in [0.15, 0.2) is 11.5 Å². The van der Waals surface area contributed by atoms with Crippen molar-refractivity contribution in [1.29, 1.82) is 0 Å². The van der Waals surface area contributed by atoms with E-state index >= 15 is 0 Å². The normalized spacial score (nSPS) is 24.7. The highest BCUT2D eigenvalue weighted by molar-refractivity contribution is 5.86. The van der Waals surface area contributed by atoms with E-state index in [0.29, 0.717) is 25.3 Å². The maximum Gasteiger partial charge on any atom is 0.435 e. The van der Waals surface area contributed by atoms with Crippen molar-refractivity contribution in [2.24, 2.45) is 5.41 Å². The molecule has 1 amide bonds. The number of carbonyl (C=O) groups is 1. The molecule has 0 bridgehead atoms. The van der Waals surface area contributed by atoms with Crippen molar-refractivity contribution < 1.29 is 23.1 Å². The van der Waals surface area contributed by atoms with Crippen molar-refractivity contribution in [3.8, 4) is 0 Å². The lowest BCUT2D eigenvalue weighted by molar-refractivity contribution is -0.141. The topological polar surface area (TPSA) is 78.4 Å². The van der Waals surface area contributed by atoms with Gasteiger partial charge in [-0.3, -0.25) is 4.79 Å². The van der Waals surface area contributed by atoms with Crippen LogP contribution in [0.4, 0.5) is 19.0 Å². The van der Waals surface area contributed by atoms with E-state index in [1.165, 1.54) is 6.07 Å². The van der Waals surface area contributed by atoms with Crippen LogP contribution in [0.3, 0.4) is 0 Å². The molecule has 21 heavy (non-hydrogen) atoms. The molecule has 2 aliphatic heterocycles. The second-order valence-corrected chi connectivity index (χ2v) is 5.48. The van der Waals surface area contributed by atoms with Gasteiger partial charge in [-0.1, -0.05) is 0 Å². The van der Waals surface area contributed by atoms with Crippen molar-refractivity contribution in [2.75, 3.05) is 24.5 Å². The van der Waals surface area contributed by atoms with Crippen LogP contribution in [0.1, 0.15) is 12.1 Å².